The van der Waals surface area contributed by atoms with Crippen molar-refractivity contribution in [1.82, 2.24) is 10.6 Å². The van der Waals surface area contributed by atoms with Gasteiger partial charge in [-0.05, 0) is 44.0 Å². The van der Waals surface area contributed by atoms with Crippen LogP contribution in [0.5, 0.6) is 0 Å². The third-order valence-corrected chi connectivity index (χ3v) is 3.06. The molecule has 1 saturated heterocycles. The van der Waals surface area contributed by atoms with E-state index in [0.717, 1.165) is 25.9 Å². The van der Waals surface area contributed by atoms with Crippen molar-refractivity contribution in [2.75, 3.05) is 18.4 Å². The average molecular weight is 288 g/mol. The second-order valence-corrected chi connectivity index (χ2v) is 4.61. The number of carbonyl (C=O) groups is 1. The molecule has 1 atom stereocenters. The Morgan fingerprint density at radius 3 is 2.89 bits per heavy atom. The fraction of sp³-hybridized carbons (Fsp3) is 0.462. The molecule has 3 N–H and O–H groups in total. The summed E-state index contributed by atoms with van der Waals surface area (Å²) in [6.45, 7) is 3.48. The molecule has 1 unspecified atom stereocenters. The van der Waals surface area contributed by atoms with Crippen LogP contribution in [0.1, 0.15) is 18.4 Å². The average Bonchev–Trinajstić information content (AvgIpc) is 2.35. The van der Waals surface area contributed by atoms with Crippen molar-refractivity contribution < 1.29 is 9.18 Å². The van der Waals surface area contributed by atoms with E-state index in [2.05, 4.69) is 16.0 Å². The topological polar surface area (TPSA) is 53.2 Å². The lowest BCUT2D eigenvalue weighted by atomic mass is 10.1. The van der Waals surface area contributed by atoms with Gasteiger partial charge in [0.1, 0.15) is 5.82 Å². The highest BCUT2D eigenvalue weighted by Gasteiger charge is 2.15. The zero-order valence-corrected chi connectivity index (χ0v) is 11.6. The van der Waals surface area contributed by atoms with Gasteiger partial charge in [-0.25, -0.2) is 9.18 Å². The maximum Gasteiger partial charge on any atom is 0.319 e. The second kappa shape index (κ2) is 7.31. The maximum atomic E-state index is 13.3. The zero-order chi connectivity index (χ0) is 13.0. The van der Waals surface area contributed by atoms with E-state index in [1.54, 1.807) is 19.1 Å². The molecule has 2 amide bonds. The van der Waals surface area contributed by atoms with E-state index in [-0.39, 0.29) is 30.3 Å². The lowest BCUT2D eigenvalue weighted by Gasteiger charge is -2.23. The monoisotopic (exact) mass is 287 g/mol. The summed E-state index contributed by atoms with van der Waals surface area (Å²) in [4.78, 5) is 11.7. The van der Waals surface area contributed by atoms with E-state index in [0.29, 0.717) is 11.3 Å². The molecular formula is C13H19ClFN3O. The van der Waals surface area contributed by atoms with Gasteiger partial charge in [-0.2, -0.15) is 0 Å². The molecule has 0 saturated carbocycles. The molecule has 0 spiro atoms. The molecule has 6 heteroatoms. The molecule has 4 nitrogen and oxygen atoms in total. The van der Waals surface area contributed by atoms with Crippen LogP contribution < -0.4 is 16.0 Å². The normalized spacial score (nSPS) is 18.3. The standard InChI is InChI=1S/C13H18FN3O.ClH/c1-9-4-5-10(7-12(9)14)16-13(18)17-11-3-2-6-15-8-11;/h4-5,7,11,15H,2-3,6,8H2,1H3,(H2,16,17,18);1H. The molecule has 0 aliphatic carbocycles. The number of piperidine rings is 1. The van der Waals surface area contributed by atoms with Crippen LogP contribution in [-0.4, -0.2) is 25.2 Å². The number of nitrogens with one attached hydrogen (secondary N) is 3. The summed E-state index contributed by atoms with van der Waals surface area (Å²) in [6.07, 6.45) is 2.03. The van der Waals surface area contributed by atoms with Crippen molar-refractivity contribution >= 4 is 24.1 Å². The summed E-state index contributed by atoms with van der Waals surface area (Å²) in [5.41, 5.74) is 1.04. The fourth-order valence-corrected chi connectivity index (χ4v) is 2.00. The van der Waals surface area contributed by atoms with Crippen molar-refractivity contribution in [3.63, 3.8) is 0 Å². The zero-order valence-electron chi connectivity index (χ0n) is 10.8. The van der Waals surface area contributed by atoms with Crippen LogP contribution in [0, 0.1) is 12.7 Å². The van der Waals surface area contributed by atoms with Crippen LogP contribution >= 0.6 is 12.4 Å². The molecule has 19 heavy (non-hydrogen) atoms. The minimum absolute atomic E-state index is 0. The van der Waals surface area contributed by atoms with Crippen LogP contribution in [0.3, 0.4) is 0 Å². The smallest absolute Gasteiger partial charge is 0.319 e. The van der Waals surface area contributed by atoms with Gasteiger partial charge >= 0.3 is 6.03 Å². The molecule has 0 aromatic heterocycles. The van der Waals surface area contributed by atoms with E-state index in [9.17, 15) is 9.18 Å². The molecule has 2 rings (SSSR count). The third kappa shape index (κ3) is 4.69. The third-order valence-electron chi connectivity index (χ3n) is 3.06. The van der Waals surface area contributed by atoms with Crippen molar-refractivity contribution in [2.24, 2.45) is 0 Å². The van der Waals surface area contributed by atoms with Gasteiger partial charge < -0.3 is 16.0 Å². The lowest BCUT2D eigenvalue weighted by Crippen LogP contribution is -2.47. The summed E-state index contributed by atoms with van der Waals surface area (Å²) in [5, 5.41) is 8.72. The van der Waals surface area contributed by atoms with Crippen molar-refractivity contribution in [3.05, 3.63) is 29.6 Å². The minimum atomic E-state index is -0.313. The highest BCUT2D eigenvalue weighted by molar-refractivity contribution is 5.89. The number of aryl methyl sites for hydroxylation is 1. The second-order valence-electron chi connectivity index (χ2n) is 4.61. The summed E-state index contributed by atoms with van der Waals surface area (Å²) in [5.74, 6) is -0.313. The first kappa shape index (κ1) is 15.7. The number of carbonyl (C=O) groups excluding carboxylic acids is 1. The Kier molecular flexibility index (Phi) is 6.05. The Labute approximate surface area is 118 Å². The first-order chi connectivity index (χ1) is 8.65. The van der Waals surface area contributed by atoms with Crippen molar-refractivity contribution in [1.29, 1.82) is 0 Å². The number of amides is 2. The van der Waals surface area contributed by atoms with Crippen LogP contribution in [0.4, 0.5) is 14.9 Å². The van der Waals surface area contributed by atoms with Crippen molar-refractivity contribution in [2.45, 2.75) is 25.8 Å². The molecule has 1 heterocycles. The fourth-order valence-electron chi connectivity index (χ4n) is 2.00. The Bertz CT molecular complexity index is 436. The van der Waals surface area contributed by atoms with E-state index in [1.165, 1.54) is 6.07 Å². The van der Waals surface area contributed by atoms with E-state index in [4.69, 9.17) is 0 Å². The van der Waals surface area contributed by atoms with E-state index >= 15 is 0 Å². The minimum Gasteiger partial charge on any atom is -0.334 e. The Morgan fingerprint density at radius 1 is 1.47 bits per heavy atom. The molecular weight excluding hydrogens is 269 g/mol. The molecule has 106 valence electrons. The van der Waals surface area contributed by atoms with E-state index < -0.39 is 0 Å². The molecule has 1 aromatic rings. The maximum absolute atomic E-state index is 13.3. The first-order valence-electron chi connectivity index (χ1n) is 6.19. The van der Waals surface area contributed by atoms with Gasteiger partial charge in [-0.3, -0.25) is 0 Å². The van der Waals surface area contributed by atoms with Crippen LogP contribution in [0.25, 0.3) is 0 Å². The highest BCUT2D eigenvalue weighted by Crippen LogP contribution is 2.13. The largest absolute Gasteiger partial charge is 0.334 e. The van der Waals surface area contributed by atoms with Gasteiger partial charge in [0.05, 0.1) is 0 Å². The summed E-state index contributed by atoms with van der Waals surface area (Å²) < 4.78 is 13.3. The molecule has 1 aliphatic heterocycles. The number of hydrogen-bond donors (Lipinski definition) is 3. The number of anilines is 1. The van der Waals surface area contributed by atoms with Crippen LogP contribution in [0.2, 0.25) is 0 Å². The number of hydrogen-bond acceptors (Lipinski definition) is 2. The quantitative estimate of drug-likeness (QED) is 0.782. The van der Waals surface area contributed by atoms with Crippen molar-refractivity contribution in [3.8, 4) is 0 Å². The number of rotatable bonds is 2. The van der Waals surface area contributed by atoms with Crippen LogP contribution in [-0.2, 0) is 0 Å². The molecule has 0 bridgehead atoms. The van der Waals surface area contributed by atoms with Gasteiger partial charge in [0.15, 0.2) is 0 Å². The summed E-state index contributed by atoms with van der Waals surface area (Å²) in [7, 11) is 0. The predicted octanol–water partition coefficient (Wildman–Crippen LogP) is 2.43. The van der Waals surface area contributed by atoms with Gasteiger partial charge in [-0.15, -0.1) is 12.4 Å². The number of benzene rings is 1. The Morgan fingerprint density at radius 2 is 2.26 bits per heavy atom. The highest BCUT2D eigenvalue weighted by atomic mass is 35.5. The number of halogens is 2. The molecule has 1 aliphatic rings. The van der Waals surface area contributed by atoms with Gasteiger partial charge in [0.2, 0.25) is 0 Å². The van der Waals surface area contributed by atoms with E-state index in [1.807, 2.05) is 0 Å². The Balaban J connectivity index is 0.00000180. The number of urea groups is 1. The predicted molar refractivity (Wildman–Crippen MR) is 76.4 cm³/mol. The summed E-state index contributed by atoms with van der Waals surface area (Å²) in [6, 6.07) is 4.53. The molecule has 0 radical (unpaired) electrons. The summed E-state index contributed by atoms with van der Waals surface area (Å²) >= 11 is 0. The molecule has 1 aromatic carbocycles. The SMILES string of the molecule is Cc1ccc(NC(=O)NC2CCCNC2)cc1F.Cl. The first-order valence-corrected chi connectivity index (χ1v) is 6.19. The van der Waals surface area contributed by atoms with Crippen LogP contribution in [0.15, 0.2) is 18.2 Å². The van der Waals surface area contributed by atoms with Gasteiger partial charge in [0, 0.05) is 18.3 Å². The van der Waals surface area contributed by atoms with Gasteiger partial charge in [-0.1, -0.05) is 6.07 Å². The molecule has 1 fully saturated rings. The Hall–Kier alpha value is -1.33. The lowest BCUT2D eigenvalue weighted by molar-refractivity contribution is 0.245. The van der Waals surface area contributed by atoms with Gasteiger partial charge in [0.25, 0.3) is 0 Å².